The Hall–Kier alpha value is -1.43. The first kappa shape index (κ1) is 13.6. The van der Waals surface area contributed by atoms with Crippen LogP contribution in [0.15, 0.2) is 4.52 Å². The van der Waals surface area contributed by atoms with Gasteiger partial charge in [-0.3, -0.25) is 4.79 Å². The molecule has 0 bridgehead atoms. The Morgan fingerprint density at radius 3 is 2.82 bits per heavy atom. The van der Waals surface area contributed by atoms with E-state index in [0.717, 1.165) is 0 Å². The number of ether oxygens (including phenoxy) is 1. The number of nitrogens with one attached hydrogen (secondary N) is 1. The highest BCUT2D eigenvalue weighted by Gasteiger charge is 2.16. The number of esters is 1. The lowest BCUT2D eigenvalue weighted by Crippen LogP contribution is -2.38. The molecule has 0 aliphatic carbocycles. The molecule has 1 atom stereocenters. The van der Waals surface area contributed by atoms with Gasteiger partial charge in [0.1, 0.15) is 6.04 Å². The molecule has 0 aromatic carbocycles. The predicted octanol–water partition coefficient (Wildman–Crippen LogP) is 0.852. The lowest BCUT2D eigenvalue weighted by Gasteiger charge is -2.14. The molecule has 1 aromatic rings. The monoisotopic (exact) mass is 241 g/mol. The Kier molecular flexibility index (Phi) is 5.62. The fourth-order valence-corrected chi connectivity index (χ4v) is 1.43. The molecule has 1 heterocycles. The van der Waals surface area contributed by atoms with Crippen molar-refractivity contribution in [3.05, 3.63) is 11.7 Å². The maximum absolute atomic E-state index is 11.5. The number of hydrogen-bond donors (Lipinski definition) is 1. The van der Waals surface area contributed by atoms with Gasteiger partial charge in [0, 0.05) is 13.0 Å². The molecule has 1 unspecified atom stereocenters. The first-order valence-electron chi connectivity index (χ1n) is 5.86. The van der Waals surface area contributed by atoms with Gasteiger partial charge in [0.15, 0.2) is 5.82 Å². The molecule has 0 saturated carbocycles. The minimum atomic E-state index is -0.265. The average molecular weight is 241 g/mol. The molecule has 0 fully saturated rings. The maximum Gasteiger partial charge on any atom is 0.323 e. The molecule has 96 valence electrons. The van der Waals surface area contributed by atoms with Crippen molar-refractivity contribution in [1.29, 1.82) is 0 Å². The summed E-state index contributed by atoms with van der Waals surface area (Å²) < 4.78 is 9.92. The number of nitrogens with zero attached hydrogens (tertiary/aromatic N) is 2. The summed E-state index contributed by atoms with van der Waals surface area (Å²) in [6, 6.07) is -0.265. The zero-order chi connectivity index (χ0) is 12.7. The van der Waals surface area contributed by atoms with Gasteiger partial charge in [0.05, 0.1) is 6.61 Å². The van der Waals surface area contributed by atoms with Crippen LogP contribution >= 0.6 is 0 Å². The maximum atomic E-state index is 11.5. The molecule has 1 N–H and O–H groups in total. The third-order valence-electron chi connectivity index (χ3n) is 2.28. The fourth-order valence-electron chi connectivity index (χ4n) is 1.43. The van der Waals surface area contributed by atoms with Crippen LogP contribution in [0.1, 0.15) is 32.0 Å². The summed E-state index contributed by atoms with van der Waals surface area (Å²) in [6.07, 6.45) is 1.30. The van der Waals surface area contributed by atoms with Crippen LogP contribution in [0, 0.1) is 6.92 Å². The lowest BCUT2D eigenvalue weighted by atomic mass is 10.2. The van der Waals surface area contributed by atoms with Gasteiger partial charge in [0.25, 0.3) is 0 Å². The van der Waals surface area contributed by atoms with E-state index in [0.29, 0.717) is 37.7 Å². The van der Waals surface area contributed by atoms with Gasteiger partial charge in [-0.05, 0) is 20.3 Å². The van der Waals surface area contributed by atoms with E-state index in [1.54, 1.807) is 13.8 Å². The summed E-state index contributed by atoms with van der Waals surface area (Å²) in [5.74, 6) is 0.989. The van der Waals surface area contributed by atoms with Crippen molar-refractivity contribution >= 4 is 5.97 Å². The largest absolute Gasteiger partial charge is 0.465 e. The van der Waals surface area contributed by atoms with Crippen LogP contribution in [0.4, 0.5) is 0 Å². The molecule has 6 heteroatoms. The summed E-state index contributed by atoms with van der Waals surface area (Å²) in [7, 11) is 0. The van der Waals surface area contributed by atoms with Gasteiger partial charge in [0.2, 0.25) is 5.89 Å². The van der Waals surface area contributed by atoms with Crippen LogP contribution in [0.2, 0.25) is 0 Å². The van der Waals surface area contributed by atoms with Gasteiger partial charge in [-0.15, -0.1) is 0 Å². The normalized spacial score (nSPS) is 12.4. The first-order chi connectivity index (χ1) is 8.17. The van der Waals surface area contributed by atoms with Crippen molar-refractivity contribution in [3.63, 3.8) is 0 Å². The summed E-state index contributed by atoms with van der Waals surface area (Å²) in [5.41, 5.74) is 0. The molecule has 1 aromatic heterocycles. The second-order valence-corrected chi connectivity index (χ2v) is 3.65. The van der Waals surface area contributed by atoms with Crippen molar-refractivity contribution in [1.82, 2.24) is 15.5 Å². The predicted molar refractivity (Wildman–Crippen MR) is 61.5 cm³/mol. The van der Waals surface area contributed by atoms with Gasteiger partial charge < -0.3 is 14.6 Å². The summed E-state index contributed by atoms with van der Waals surface area (Å²) in [5, 5.41) is 6.80. The van der Waals surface area contributed by atoms with E-state index < -0.39 is 0 Å². The van der Waals surface area contributed by atoms with E-state index in [1.165, 1.54) is 0 Å². The van der Waals surface area contributed by atoms with E-state index in [-0.39, 0.29) is 12.0 Å². The fraction of sp³-hybridized carbons (Fsp3) is 0.727. The van der Waals surface area contributed by atoms with E-state index in [4.69, 9.17) is 9.26 Å². The molecule has 1 rings (SSSR count). The van der Waals surface area contributed by atoms with Crippen LogP contribution in [0.5, 0.6) is 0 Å². The molecule has 0 aliphatic rings. The van der Waals surface area contributed by atoms with Gasteiger partial charge in [-0.1, -0.05) is 12.1 Å². The highest BCUT2D eigenvalue weighted by atomic mass is 16.5. The Balaban J connectivity index is 2.30. The lowest BCUT2D eigenvalue weighted by molar-refractivity contribution is -0.145. The highest BCUT2D eigenvalue weighted by molar-refractivity contribution is 5.75. The van der Waals surface area contributed by atoms with Crippen molar-refractivity contribution in [2.75, 3.05) is 13.2 Å². The Morgan fingerprint density at radius 2 is 2.29 bits per heavy atom. The molecule has 0 radical (unpaired) electrons. The quantitative estimate of drug-likeness (QED) is 0.713. The van der Waals surface area contributed by atoms with Crippen molar-refractivity contribution in [3.8, 4) is 0 Å². The topological polar surface area (TPSA) is 77.2 Å². The Bertz CT molecular complexity index is 351. The minimum Gasteiger partial charge on any atom is -0.465 e. The van der Waals surface area contributed by atoms with Crippen LogP contribution in [0.25, 0.3) is 0 Å². The highest BCUT2D eigenvalue weighted by Crippen LogP contribution is 1.98. The number of rotatable bonds is 7. The summed E-state index contributed by atoms with van der Waals surface area (Å²) >= 11 is 0. The Labute approximate surface area is 101 Å². The number of carbonyl (C=O) groups excluding carboxylic acids is 1. The van der Waals surface area contributed by atoms with E-state index in [1.807, 2.05) is 6.92 Å². The molecule has 0 aliphatic heterocycles. The van der Waals surface area contributed by atoms with Crippen molar-refractivity contribution in [2.45, 2.75) is 39.7 Å². The van der Waals surface area contributed by atoms with Crippen LogP contribution in [-0.2, 0) is 16.0 Å². The number of aromatic nitrogens is 2. The third-order valence-corrected chi connectivity index (χ3v) is 2.28. The van der Waals surface area contributed by atoms with E-state index in [2.05, 4.69) is 15.5 Å². The molecule has 6 nitrogen and oxygen atoms in total. The smallest absolute Gasteiger partial charge is 0.323 e. The molecule has 0 saturated heterocycles. The number of hydrogen-bond acceptors (Lipinski definition) is 6. The molecule has 17 heavy (non-hydrogen) atoms. The average Bonchev–Trinajstić information content (AvgIpc) is 2.71. The van der Waals surface area contributed by atoms with Crippen LogP contribution in [0.3, 0.4) is 0 Å². The number of carbonyl (C=O) groups is 1. The van der Waals surface area contributed by atoms with Gasteiger partial charge >= 0.3 is 5.97 Å². The second-order valence-electron chi connectivity index (χ2n) is 3.65. The van der Waals surface area contributed by atoms with Gasteiger partial charge in [-0.2, -0.15) is 4.98 Å². The third kappa shape index (κ3) is 4.52. The summed E-state index contributed by atoms with van der Waals surface area (Å²) in [4.78, 5) is 15.6. The first-order valence-corrected chi connectivity index (χ1v) is 5.86. The van der Waals surface area contributed by atoms with Gasteiger partial charge in [-0.25, -0.2) is 0 Å². The van der Waals surface area contributed by atoms with E-state index in [9.17, 15) is 4.79 Å². The molecular weight excluding hydrogens is 222 g/mol. The molecular formula is C11H19N3O3. The second kappa shape index (κ2) is 7.01. The zero-order valence-electron chi connectivity index (χ0n) is 10.5. The standard InChI is InChI=1S/C11H19N3O3/c1-4-9(11(15)16-5-2)12-7-6-10-13-8(3)14-17-10/h9,12H,4-7H2,1-3H3. The number of aryl methyl sites for hydroxylation is 1. The van der Waals surface area contributed by atoms with Crippen LogP contribution < -0.4 is 5.32 Å². The SMILES string of the molecule is CCOC(=O)C(CC)NCCc1nc(C)no1. The minimum absolute atomic E-state index is 0.211. The summed E-state index contributed by atoms with van der Waals surface area (Å²) in [6.45, 7) is 6.52. The van der Waals surface area contributed by atoms with Crippen molar-refractivity contribution < 1.29 is 14.1 Å². The van der Waals surface area contributed by atoms with Crippen molar-refractivity contribution in [2.24, 2.45) is 0 Å². The Morgan fingerprint density at radius 1 is 1.53 bits per heavy atom. The van der Waals surface area contributed by atoms with Crippen LogP contribution in [-0.4, -0.2) is 35.3 Å². The van der Waals surface area contributed by atoms with E-state index >= 15 is 0 Å². The molecule has 0 amide bonds. The molecule has 0 spiro atoms. The zero-order valence-corrected chi connectivity index (χ0v) is 10.5.